The molecule has 1 amide bonds. The smallest absolute Gasteiger partial charge is 0.253 e. The zero-order chi connectivity index (χ0) is 15.0. The fourth-order valence-corrected chi connectivity index (χ4v) is 1.89. The van der Waals surface area contributed by atoms with Gasteiger partial charge in [-0.25, -0.2) is 0 Å². The minimum absolute atomic E-state index is 0.0637. The van der Waals surface area contributed by atoms with E-state index in [0.29, 0.717) is 23.6 Å². The molecule has 112 valence electrons. The van der Waals surface area contributed by atoms with Crippen molar-refractivity contribution in [1.29, 1.82) is 0 Å². The van der Waals surface area contributed by atoms with Crippen molar-refractivity contribution in [2.24, 2.45) is 0 Å². The monoisotopic (exact) mass is 281 g/mol. The molecule has 0 aliphatic heterocycles. The van der Waals surface area contributed by atoms with Crippen LogP contribution in [0.3, 0.4) is 0 Å². The molecule has 1 N–H and O–H groups in total. The topological polar surface area (TPSA) is 59.0 Å². The normalized spacial score (nSPS) is 10.2. The molecule has 0 spiro atoms. The number of unbranched alkanes of at least 4 members (excludes halogenated alkanes) is 2. The molecule has 0 atom stereocenters. The van der Waals surface area contributed by atoms with E-state index in [1.165, 1.54) is 0 Å². The first-order valence-electron chi connectivity index (χ1n) is 6.71. The molecule has 5 nitrogen and oxygen atoms in total. The summed E-state index contributed by atoms with van der Waals surface area (Å²) in [5, 5.41) is 8.73. The van der Waals surface area contributed by atoms with Crippen molar-refractivity contribution in [3.8, 4) is 11.5 Å². The van der Waals surface area contributed by atoms with Gasteiger partial charge in [0.2, 0.25) is 0 Å². The maximum absolute atomic E-state index is 12.3. The molecule has 0 aliphatic carbocycles. The van der Waals surface area contributed by atoms with Crippen molar-refractivity contribution in [1.82, 2.24) is 4.90 Å². The van der Waals surface area contributed by atoms with E-state index in [0.717, 1.165) is 19.3 Å². The van der Waals surface area contributed by atoms with Crippen LogP contribution in [0.25, 0.3) is 0 Å². The van der Waals surface area contributed by atoms with Crippen molar-refractivity contribution >= 4 is 5.91 Å². The third-order valence-electron chi connectivity index (χ3n) is 3.10. The summed E-state index contributed by atoms with van der Waals surface area (Å²) in [7, 11) is 4.89. The van der Waals surface area contributed by atoms with E-state index < -0.39 is 0 Å². The van der Waals surface area contributed by atoms with Gasteiger partial charge in [0, 0.05) is 31.8 Å². The molecule has 0 unspecified atom stereocenters. The van der Waals surface area contributed by atoms with Crippen LogP contribution in [-0.2, 0) is 0 Å². The number of benzene rings is 1. The maximum atomic E-state index is 12.3. The third-order valence-corrected chi connectivity index (χ3v) is 3.10. The van der Waals surface area contributed by atoms with Crippen molar-refractivity contribution in [2.75, 3.05) is 34.4 Å². The zero-order valence-corrected chi connectivity index (χ0v) is 12.4. The van der Waals surface area contributed by atoms with Crippen LogP contribution in [0.5, 0.6) is 11.5 Å². The average molecular weight is 281 g/mol. The molecule has 0 aromatic heterocycles. The van der Waals surface area contributed by atoms with E-state index in [2.05, 4.69) is 0 Å². The first-order chi connectivity index (χ1) is 9.62. The van der Waals surface area contributed by atoms with Crippen molar-refractivity contribution in [3.63, 3.8) is 0 Å². The summed E-state index contributed by atoms with van der Waals surface area (Å²) >= 11 is 0. The lowest BCUT2D eigenvalue weighted by molar-refractivity contribution is 0.0791. The van der Waals surface area contributed by atoms with E-state index in [1.54, 1.807) is 44.4 Å². The number of ether oxygens (including phenoxy) is 2. The van der Waals surface area contributed by atoms with Crippen LogP contribution in [0.2, 0.25) is 0 Å². The Morgan fingerprint density at radius 2 is 1.70 bits per heavy atom. The number of hydrogen-bond donors (Lipinski definition) is 1. The number of carbonyl (C=O) groups excluding carboxylic acids is 1. The van der Waals surface area contributed by atoms with Gasteiger partial charge in [-0.1, -0.05) is 0 Å². The summed E-state index contributed by atoms with van der Waals surface area (Å²) in [6.07, 6.45) is 2.56. The average Bonchev–Trinajstić information content (AvgIpc) is 2.49. The van der Waals surface area contributed by atoms with E-state index in [-0.39, 0.29) is 12.5 Å². The second-order valence-electron chi connectivity index (χ2n) is 4.61. The number of rotatable bonds is 8. The van der Waals surface area contributed by atoms with Crippen LogP contribution >= 0.6 is 0 Å². The second-order valence-corrected chi connectivity index (χ2v) is 4.61. The number of methoxy groups -OCH3 is 2. The highest BCUT2D eigenvalue weighted by atomic mass is 16.5. The van der Waals surface area contributed by atoms with Crippen LogP contribution in [0.15, 0.2) is 18.2 Å². The van der Waals surface area contributed by atoms with Crippen LogP contribution in [0.4, 0.5) is 0 Å². The van der Waals surface area contributed by atoms with Gasteiger partial charge in [0.05, 0.1) is 14.2 Å². The molecule has 0 fully saturated rings. The minimum Gasteiger partial charge on any atom is -0.497 e. The lowest BCUT2D eigenvalue weighted by Crippen LogP contribution is -2.27. The Labute approximate surface area is 120 Å². The fraction of sp³-hybridized carbons (Fsp3) is 0.533. The number of amides is 1. The van der Waals surface area contributed by atoms with Gasteiger partial charge in [0.1, 0.15) is 11.5 Å². The molecular weight excluding hydrogens is 258 g/mol. The van der Waals surface area contributed by atoms with Crippen molar-refractivity contribution in [2.45, 2.75) is 19.3 Å². The van der Waals surface area contributed by atoms with Gasteiger partial charge >= 0.3 is 0 Å². The predicted octanol–water partition coefficient (Wildman–Crippen LogP) is 1.94. The first-order valence-corrected chi connectivity index (χ1v) is 6.71. The molecule has 0 saturated carbocycles. The molecule has 5 heteroatoms. The van der Waals surface area contributed by atoms with E-state index in [1.807, 2.05) is 0 Å². The summed E-state index contributed by atoms with van der Waals surface area (Å²) < 4.78 is 10.3. The Balaban J connectivity index is 2.70. The minimum atomic E-state index is -0.0637. The molecular formula is C15H23NO4. The number of nitrogens with zero attached hydrogens (tertiary/aromatic N) is 1. The Hall–Kier alpha value is -1.75. The van der Waals surface area contributed by atoms with Crippen molar-refractivity contribution < 1.29 is 19.4 Å². The molecule has 0 heterocycles. The van der Waals surface area contributed by atoms with Gasteiger partial charge in [-0.05, 0) is 31.4 Å². The van der Waals surface area contributed by atoms with Gasteiger partial charge in [-0.15, -0.1) is 0 Å². The number of aliphatic hydroxyl groups excluding tert-OH is 1. The summed E-state index contributed by atoms with van der Waals surface area (Å²) in [4.78, 5) is 14.0. The molecule has 0 bridgehead atoms. The largest absolute Gasteiger partial charge is 0.497 e. The van der Waals surface area contributed by atoms with E-state index >= 15 is 0 Å². The fourth-order valence-electron chi connectivity index (χ4n) is 1.89. The summed E-state index contributed by atoms with van der Waals surface area (Å²) in [5.74, 6) is 1.13. The highest BCUT2D eigenvalue weighted by molar-refractivity contribution is 5.94. The number of hydrogen-bond acceptors (Lipinski definition) is 4. The lowest BCUT2D eigenvalue weighted by atomic mass is 10.1. The van der Waals surface area contributed by atoms with Crippen LogP contribution < -0.4 is 9.47 Å². The summed E-state index contributed by atoms with van der Waals surface area (Å²) in [5.41, 5.74) is 0.547. The molecule has 1 aromatic carbocycles. The Morgan fingerprint density at radius 1 is 1.10 bits per heavy atom. The first kappa shape index (κ1) is 16.3. The van der Waals surface area contributed by atoms with Crippen LogP contribution in [-0.4, -0.2) is 50.3 Å². The number of aliphatic hydroxyl groups is 1. The quantitative estimate of drug-likeness (QED) is 0.740. The Morgan fingerprint density at radius 3 is 2.20 bits per heavy atom. The summed E-state index contributed by atoms with van der Waals surface area (Å²) in [6, 6.07) is 5.14. The standard InChI is InChI=1S/C15H23NO4/c1-16(7-5-4-6-8-17)15(18)12-9-13(19-2)11-14(10-12)20-3/h9-11,17H,4-8H2,1-3H3. The Kier molecular flexibility index (Phi) is 6.87. The molecule has 0 aliphatic rings. The number of carbonyl (C=O) groups is 1. The summed E-state index contributed by atoms with van der Waals surface area (Å²) in [6.45, 7) is 0.864. The van der Waals surface area contributed by atoms with Gasteiger partial charge in [-0.2, -0.15) is 0 Å². The van der Waals surface area contributed by atoms with Gasteiger partial charge < -0.3 is 19.5 Å². The van der Waals surface area contributed by atoms with Gasteiger partial charge in [-0.3, -0.25) is 4.79 Å². The molecule has 0 saturated heterocycles. The SMILES string of the molecule is COc1cc(OC)cc(C(=O)N(C)CCCCCO)c1. The molecule has 20 heavy (non-hydrogen) atoms. The lowest BCUT2D eigenvalue weighted by Gasteiger charge is -2.18. The predicted molar refractivity (Wildman–Crippen MR) is 77.4 cm³/mol. The maximum Gasteiger partial charge on any atom is 0.253 e. The molecule has 0 radical (unpaired) electrons. The van der Waals surface area contributed by atoms with Crippen LogP contribution in [0, 0.1) is 0 Å². The second kappa shape index (κ2) is 8.43. The van der Waals surface area contributed by atoms with Gasteiger partial charge in [0.25, 0.3) is 5.91 Å². The third kappa shape index (κ3) is 4.74. The Bertz CT molecular complexity index is 412. The molecule has 1 rings (SSSR count). The van der Waals surface area contributed by atoms with Crippen molar-refractivity contribution in [3.05, 3.63) is 23.8 Å². The van der Waals surface area contributed by atoms with E-state index in [4.69, 9.17) is 14.6 Å². The molecule has 1 aromatic rings. The van der Waals surface area contributed by atoms with Gasteiger partial charge in [0.15, 0.2) is 0 Å². The highest BCUT2D eigenvalue weighted by Crippen LogP contribution is 2.23. The van der Waals surface area contributed by atoms with E-state index in [9.17, 15) is 4.79 Å². The zero-order valence-electron chi connectivity index (χ0n) is 12.4. The highest BCUT2D eigenvalue weighted by Gasteiger charge is 2.14. The van der Waals surface area contributed by atoms with Crippen LogP contribution in [0.1, 0.15) is 29.6 Å².